The largest absolute Gasteiger partial charge is 0.314 e. The highest BCUT2D eigenvalue weighted by atomic mass is 32.2. The SMILES string of the molecule is CCNC(C)CC(C)Sc1cc(C)cc(C)n1. The summed E-state index contributed by atoms with van der Waals surface area (Å²) in [5, 5.41) is 5.20. The second kappa shape index (κ2) is 7.02. The van der Waals surface area contributed by atoms with Gasteiger partial charge in [0.15, 0.2) is 0 Å². The average molecular weight is 252 g/mol. The number of aryl methyl sites for hydroxylation is 2. The highest BCUT2D eigenvalue weighted by Gasteiger charge is 2.10. The maximum absolute atomic E-state index is 4.57. The standard InChI is InChI=1S/C14H24N2S/c1-6-15-11(3)9-13(5)17-14-8-10(2)7-12(4)16-14/h7-8,11,13,15H,6,9H2,1-5H3. The molecule has 0 saturated carbocycles. The van der Waals surface area contributed by atoms with E-state index in [1.807, 2.05) is 11.8 Å². The van der Waals surface area contributed by atoms with E-state index < -0.39 is 0 Å². The van der Waals surface area contributed by atoms with Crippen LogP contribution in [0.5, 0.6) is 0 Å². The smallest absolute Gasteiger partial charge is 0.0968 e. The summed E-state index contributed by atoms with van der Waals surface area (Å²) in [6, 6.07) is 4.87. The maximum atomic E-state index is 4.57. The number of hydrogen-bond donors (Lipinski definition) is 1. The molecule has 0 amide bonds. The van der Waals surface area contributed by atoms with E-state index in [9.17, 15) is 0 Å². The van der Waals surface area contributed by atoms with Gasteiger partial charge in [0.1, 0.15) is 0 Å². The van der Waals surface area contributed by atoms with Crippen molar-refractivity contribution in [3.63, 3.8) is 0 Å². The normalized spacial score (nSPS) is 14.6. The Morgan fingerprint density at radius 2 is 2.00 bits per heavy atom. The average Bonchev–Trinajstić information content (AvgIpc) is 2.14. The van der Waals surface area contributed by atoms with Crippen LogP contribution in [0.1, 0.15) is 38.4 Å². The molecule has 96 valence electrons. The van der Waals surface area contributed by atoms with Crippen LogP contribution in [-0.2, 0) is 0 Å². The molecule has 1 aromatic heterocycles. The van der Waals surface area contributed by atoms with E-state index >= 15 is 0 Å². The highest BCUT2D eigenvalue weighted by Crippen LogP contribution is 2.25. The Labute approximate surface area is 110 Å². The number of pyridine rings is 1. The number of nitrogens with zero attached hydrogens (tertiary/aromatic N) is 1. The predicted molar refractivity (Wildman–Crippen MR) is 76.8 cm³/mol. The fraction of sp³-hybridized carbons (Fsp3) is 0.643. The Hall–Kier alpha value is -0.540. The molecule has 0 spiro atoms. The van der Waals surface area contributed by atoms with Crippen molar-refractivity contribution in [3.05, 3.63) is 23.4 Å². The number of thioether (sulfide) groups is 1. The van der Waals surface area contributed by atoms with Crippen molar-refractivity contribution in [2.45, 2.75) is 57.4 Å². The minimum atomic E-state index is 0.577. The van der Waals surface area contributed by atoms with E-state index in [1.165, 1.54) is 12.0 Å². The van der Waals surface area contributed by atoms with Gasteiger partial charge in [0.25, 0.3) is 0 Å². The van der Waals surface area contributed by atoms with Crippen LogP contribution in [0.4, 0.5) is 0 Å². The van der Waals surface area contributed by atoms with Gasteiger partial charge in [0, 0.05) is 17.0 Å². The third-order valence-corrected chi connectivity index (χ3v) is 3.68. The van der Waals surface area contributed by atoms with Gasteiger partial charge in [-0.25, -0.2) is 4.98 Å². The van der Waals surface area contributed by atoms with Crippen LogP contribution in [0.25, 0.3) is 0 Å². The van der Waals surface area contributed by atoms with Gasteiger partial charge < -0.3 is 5.32 Å². The zero-order chi connectivity index (χ0) is 12.8. The first-order valence-corrected chi connectivity index (χ1v) is 7.24. The summed E-state index contributed by atoms with van der Waals surface area (Å²) in [6.45, 7) is 11.9. The van der Waals surface area contributed by atoms with Crippen LogP contribution < -0.4 is 5.32 Å². The first kappa shape index (κ1) is 14.5. The van der Waals surface area contributed by atoms with E-state index in [0.717, 1.165) is 17.3 Å². The van der Waals surface area contributed by atoms with Crippen LogP contribution in [0.2, 0.25) is 0 Å². The van der Waals surface area contributed by atoms with Crippen molar-refractivity contribution in [2.24, 2.45) is 0 Å². The third kappa shape index (κ3) is 5.55. The molecular formula is C14H24N2S. The van der Waals surface area contributed by atoms with E-state index in [4.69, 9.17) is 0 Å². The fourth-order valence-corrected chi connectivity index (χ4v) is 3.30. The van der Waals surface area contributed by atoms with Gasteiger partial charge in [-0.05, 0) is 51.4 Å². The first-order chi connectivity index (χ1) is 8.01. The van der Waals surface area contributed by atoms with Crippen LogP contribution in [0.15, 0.2) is 17.2 Å². The van der Waals surface area contributed by atoms with Crippen LogP contribution in [-0.4, -0.2) is 22.8 Å². The second-order valence-electron chi connectivity index (χ2n) is 4.75. The summed E-state index contributed by atoms with van der Waals surface area (Å²) in [7, 11) is 0. The summed E-state index contributed by atoms with van der Waals surface area (Å²) >= 11 is 1.87. The molecule has 0 fully saturated rings. The van der Waals surface area contributed by atoms with Gasteiger partial charge in [-0.15, -0.1) is 11.8 Å². The van der Waals surface area contributed by atoms with Crippen molar-refractivity contribution in [1.82, 2.24) is 10.3 Å². The third-order valence-electron chi connectivity index (χ3n) is 2.63. The van der Waals surface area contributed by atoms with E-state index in [1.54, 1.807) is 0 Å². The zero-order valence-corrected chi connectivity index (χ0v) is 12.4. The summed E-state index contributed by atoms with van der Waals surface area (Å²) in [5.41, 5.74) is 2.41. The van der Waals surface area contributed by atoms with Gasteiger partial charge in [-0.2, -0.15) is 0 Å². The molecule has 1 rings (SSSR count). The van der Waals surface area contributed by atoms with Crippen molar-refractivity contribution < 1.29 is 0 Å². The van der Waals surface area contributed by atoms with E-state index in [0.29, 0.717) is 11.3 Å². The topological polar surface area (TPSA) is 24.9 Å². The van der Waals surface area contributed by atoms with Crippen molar-refractivity contribution >= 4 is 11.8 Å². The first-order valence-electron chi connectivity index (χ1n) is 6.36. The Morgan fingerprint density at radius 3 is 2.59 bits per heavy atom. The van der Waals surface area contributed by atoms with Gasteiger partial charge in [-0.3, -0.25) is 0 Å². The molecule has 0 aliphatic rings. The lowest BCUT2D eigenvalue weighted by atomic mass is 10.2. The summed E-state index contributed by atoms with van der Waals surface area (Å²) in [5.74, 6) is 0. The second-order valence-corrected chi connectivity index (χ2v) is 6.21. The molecule has 0 bridgehead atoms. The van der Waals surface area contributed by atoms with E-state index in [-0.39, 0.29) is 0 Å². The minimum absolute atomic E-state index is 0.577. The quantitative estimate of drug-likeness (QED) is 0.784. The lowest BCUT2D eigenvalue weighted by Gasteiger charge is -2.17. The number of nitrogens with one attached hydrogen (secondary N) is 1. The molecule has 1 N–H and O–H groups in total. The summed E-state index contributed by atoms with van der Waals surface area (Å²) in [6.07, 6.45) is 1.17. The summed E-state index contributed by atoms with van der Waals surface area (Å²) in [4.78, 5) is 4.57. The molecule has 2 nitrogen and oxygen atoms in total. The monoisotopic (exact) mass is 252 g/mol. The molecular weight excluding hydrogens is 228 g/mol. The van der Waals surface area contributed by atoms with Gasteiger partial charge in [-0.1, -0.05) is 13.8 Å². The van der Waals surface area contributed by atoms with Gasteiger partial charge >= 0.3 is 0 Å². The Kier molecular flexibility index (Phi) is 6.00. The molecule has 1 aromatic rings. The lowest BCUT2D eigenvalue weighted by molar-refractivity contribution is 0.530. The lowest BCUT2D eigenvalue weighted by Crippen LogP contribution is -2.28. The summed E-state index contributed by atoms with van der Waals surface area (Å²) < 4.78 is 0. The number of aromatic nitrogens is 1. The van der Waals surface area contributed by atoms with Crippen molar-refractivity contribution in [3.8, 4) is 0 Å². The number of rotatable bonds is 6. The molecule has 17 heavy (non-hydrogen) atoms. The zero-order valence-electron chi connectivity index (χ0n) is 11.6. The predicted octanol–water partition coefficient (Wildman–Crippen LogP) is 3.57. The molecule has 1 heterocycles. The molecule has 0 aliphatic heterocycles. The minimum Gasteiger partial charge on any atom is -0.314 e. The molecule has 0 saturated heterocycles. The molecule has 2 atom stereocenters. The number of hydrogen-bond acceptors (Lipinski definition) is 3. The molecule has 0 aromatic carbocycles. The Balaban J connectivity index is 2.52. The van der Waals surface area contributed by atoms with Crippen molar-refractivity contribution in [1.29, 1.82) is 0 Å². The molecule has 3 heteroatoms. The van der Waals surface area contributed by atoms with Crippen LogP contribution in [0.3, 0.4) is 0 Å². The fourth-order valence-electron chi connectivity index (χ4n) is 2.05. The Bertz CT molecular complexity index is 332. The molecule has 2 unspecified atom stereocenters. The molecule has 0 aliphatic carbocycles. The van der Waals surface area contributed by atoms with Gasteiger partial charge in [0.2, 0.25) is 0 Å². The Morgan fingerprint density at radius 1 is 1.29 bits per heavy atom. The van der Waals surface area contributed by atoms with Gasteiger partial charge in [0.05, 0.1) is 5.03 Å². The maximum Gasteiger partial charge on any atom is 0.0968 e. The van der Waals surface area contributed by atoms with E-state index in [2.05, 4.69) is 57.1 Å². The van der Waals surface area contributed by atoms with Crippen LogP contribution >= 0.6 is 11.8 Å². The van der Waals surface area contributed by atoms with Crippen LogP contribution in [0, 0.1) is 13.8 Å². The molecule has 0 radical (unpaired) electrons. The highest BCUT2D eigenvalue weighted by molar-refractivity contribution is 7.99. The van der Waals surface area contributed by atoms with Crippen molar-refractivity contribution in [2.75, 3.05) is 6.54 Å².